The first-order valence-corrected chi connectivity index (χ1v) is 11.3. The summed E-state index contributed by atoms with van der Waals surface area (Å²) in [5.74, 6) is -2.53. The summed E-state index contributed by atoms with van der Waals surface area (Å²) in [6, 6.07) is 6.37. The van der Waals surface area contributed by atoms with Gasteiger partial charge in [0.2, 0.25) is 5.95 Å². The van der Waals surface area contributed by atoms with E-state index in [1.165, 1.54) is 0 Å². The van der Waals surface area contributed by atoms with Crippen LogP contribution in [0.25, 0.3) is 11.3 Å². The maximum atomic E-state index is 14.4. The molecule has 1 aromatic carbocycles. The van der Waals surface area contributed by atoms with Crippen molar-refractivity contribution >= 4 is 16.7 Å². The molecule has 2 aliphatic rings. The van der Waals surface area contributed by atoms with E-state index in [9.17, 15) is 17.4 Å². The summed E-state index contributed by atoms with van der Waals surface area (Å²) in [6.45, 7) is 1.79. The highest BCUT2D eigenvalue weighted by molar-refractivity contribution is 7.84. The SMILES string of the molecule is C[C@H]1C(F)CN1c1nc(-c2ccc(C(N)CS(C)=O)cc2)c2c(n1)C(F)(F)CC2. The minimum absolute atomic E-state index is 0.104. The van der Waals surface area contributed by atoms with Crippen LogP contribution in [0.3, 0.4) is 0 Å². The average molecular weight is 424 g/mol. The van der Waals surface area contributed by atoms with Crippen molar-refractivity contribution in [3.8, 4) is 11.3 Å². The maximum absolute atomic E-state index is 14.4. The third kappa shape index (κ3) is 3.66. The molecule has 0 saturated carbocycles. The highest BCUT2D eigenvalue weighted by atomic mass is 32.2. The Morgan fingerprint density at radius 2 is 2.00 bits per heavy atom. The van der Waals surface area contributed by atoms with E-state index in [0.717, 1.165) is 5.56 Å². The molecule has 29 heavy (non-hydrogen) atoms. The van der Waals surface area contributed by atoms with Crippen molar-refractivity contribution in [2.24, 2.45) is 5.73 Å². The number of nitrogens with zero attached hydrogens (tertiary/aromatic N) is 3. The predicted octanol–water partition coefficient (Wildman–Crippen LogP) is 3.11. The van der Waals surface area contributed by atoms with Crippen LogP contribution in [0.2, 0.25) is 0 Å². The van der Waals surface area contributed by atoms with Gasteiger partial charge in [-0.05, 0) is 18.9 Å². The van der Waals surface area contributed by atoms with Gasteiger partial charge in [-0.2, -0.15) is 8.78 Å². The molecule has 1 aliphatic carbocycles. The summed E-state index contributed by atoms with van der Waals surface area (Å²) >= 11 is 0. The van der Waals surface area contributed by atoms with E-state index in [2.05, 4.69) is 9.97 Å². The summed E-state index contributed by atoms with van der Waals surface area (Å²) in [7, 11) is -1.02. The topological polar surface area (TPSA) is 72.1 Å². The third-order valence-electron chi connectivity index (χ3n) is 5.70. The van der Waals surface area contributed by atoms with E-state index >= 15 is 0 Å². The smallest absolute Gasteiger partial charge is 0.290 e. The second-order valence-corrected chi connectivity index (χ2v) is 9.26. The lowest BCUT2D eigenvalue weighted by atomic mass is 10.0. The van der Waals surface area contributed by atoms with Gasteiger partial charge in [0.15, 0.2) is 0 Å². The van der Waals surface area contributed by atoms with E-state index in [4.69, 9.17) is 5.73 Å². The minimum atomic E-state index is -3.02. The number of rotatable bonds is 5. The maximum Gasteiger partial charge on any atom is 0.290 e. The van der Waals surface area contributed by atoms with Crippen LogP contribution in [0.4, 0.5) is 19.1 Å². The van der Waals surface area contributed by atoms with Gasteiger partial charge in [0.1, 0.15) is 11.9 Å². The zero-order valence-electron chi connectivity index (χ0n) is 16.2. The van der Waals surface area contributed by atoms with E-state index in [-0.39, 0.29) is 37.1 Å². The van der Waals surface area contributed by atoms with Gasteiger partial charge >= 0.3 is 0 Å². The first-order valence-electron chi connectivity index (χ1n) is 9.53. The van der Waals surface area contributed by atoms with Crippen LogP contribution < -0.4 is 10.6 Å². The van der Waals surface area contributed by atoms with Crippen LogP contribution in [0, 0.1) is 0 Å². The Kier molecular flexibility index (Phi) is 5.14. The summed E-state index contributed by atoms with van der Waals surface area (Å²) in [5.41, 5.74) is 8.21. The molecule has 4 atom stereocenters. The zero-order chi connectivity index (χ0) is 20.9. The number of hydrogen-bond donors (Lipinski definition) is 1. The van der Waals surface area contributed by atoms with E-state index in [0.29, 0.717) is 22.6 Å². The van der Waals surface area contributed by atoms with Crippen molar-refractivity contribution in [1.82, 2.24) is 9.97 Å². The molecule has 5 nitrogen and oxygen atoms in total. The number of benzene rings is 1. The highest BCUT2D eigenvalue weighted by Crippen LogP contribution is 2.45. The molecule has 2 aromatic rings. The molecule has 0 amide bonds. The van der Waals surface area contributed by atoms with Crippen molar-refractivity contribution in [1.29, 1.82) is 0 Å². The second kappa shape index (κ2) is 7.36. The fourth-order valence-corrected chi connectivity index (χ4v) is 4.54. The normalized spacial score (nSPS) is 24.7. The van der Waals surface area contributed by atoms with Crippen LogP contribution in [0.5, 0.6) is 0 Å². The Labute approximate surface area is 170 Å². The van der Waals surface area contributed by atoms with Gasteiger partial charge in [0.05, 0.1) is 18.3 Å². The lowest BCUT2D eigenvalue weighted by molar-refractivity contribution is -0.00598. The van der Waals surface area contributed by atoms with E-state index in [1.54, 1.807) is 42.3 Å². The Morgan fingerprint density at radius 3 is 2.59 bits per heavy atom. The van der Waals surface area contributed by atoms with Gasteiger partial charge in [-0.25, -0.2) is 14.4 Å². The number of hydrogen-bond acceptors (Lipinski definition) is 5. The largest absolute Gasteiger partial charge is 0.332 e. The first kappa shape index (κ1) is 20.3. The van der Waals surface area contributed by atoms with E-state index < -0.39 is 28.9 Å². The zero-order valence-corrected chi connectivity index (χ0v) is 17.1. The Morgan fingerprint density at radius 1 is 1.31 bits per heavy atom. The molecule has 1 saturated heterocycles. The molecular formula is C20H23F3N4OS. The monoisotopic (exact) mass is 424 g/mol. The van der Waals surface area contributed by atoms with Crippen LogP contribution in [-0.2, 0) is 23.1 Å². The molecule has 0 spiro atoms. The van der Waals surface area contributed by atoms with Crippen molar-refractivity contribution in [3.63, 3.8) is 0 Å². The lowest BCUT2D eigenvalue weighted by Crippen LogP contribution is -2.57. The third-order valence-corrected chi connectivity index (χ3v) is 6.53. The van der Waals surface area contributed by atoms with Crippen molar-refractivity contribution < 1.29 is 17.4 Å². The number of anilines is 1. The quantitative estimate of drug-likeness (QED) is 0.799. The van der Waals surface area contributed by atoms with Gasteiger partial charge in [-0.1, -0.05) is 24.3 Å². The molecule has 2 heterocycles. The fraction of sp³-hybridized carbons (Fsp3) is 0.500. The van der Waals surface area contributed by atoms with Crippen molar-refractivity contribution in [2.45, 2.75) is 43.9 Å². The van der Waals surface area contributed by atoms with Crippen LogP contribution in [0.1, 0.15) is 36.2 Å². The second-order valence-electron chi connectivity index (χ2n) is 7.78. The molecule has 3 unspecified atom stereocenters. The van der Waals surface area contributed by atoms with Gasteiger partial charge < -0.3 is 10.6 Å². The average Bonchev–Trinajstić information content (AvgIpc) is 2.99. The summed E-state index contributed by atoms with van der Waals surface area (Å²) in [6.07, 6.45) is 0.467. The molecule has 1 aliphatic heterocycles. The number of fused-ring (bicyclic) bond motifs is 1. The minimum Gasteiger partial charge on any atom is -0.332 e. The molecular weight excluding hydrogens is 401 g/mol. The van der Waals surface area contributed by atoms with Crippen molar-refractivity contribution in [2.75, 3.05) is 23.5 Å². The van der Waals surface area contributed by atoms with Crippen LogP contribution in [0.15, 0.2) is 24.3 Å². The van der Waals surface area contributed by atoms with Gasteiger partial charge in [0, 0.05) is 46.4 Å². The molecule has 156 valence electrons. The van der Waals surface area contributed by atoms with Crippen LogP contribution in [-0.4, -0.2) is 44.9 Å². The van der Waals surface area contributed by atoms with Crippen molar-refractivity contribution in [3.05, 3.63) is 41.1 Å². The summed E-state index contributed by atoms with van der Waals surface area (Å²) in [4.78, 5) is 10.3. The molecule has 9 heteroatoms. The Balaban J connectivity index is 1.73. The summed E-state index contributed by atoms with van der Waals surface area (Å²) < 4.78 is 53.9. The number of halogens is 3. The van der Waals surface area contributed by atoms with Gasteiger partial charge in [-0.15, -0.1) is 0 Å². The molecule has 0 radical (unpaired) electrons. The van der Waals surface area contributed by atoms with Crippen LogP contribution >= 0.6 is 0 Å². The Bertz CT molecular complexity index is 953. The predicted molar refractivity (Wildman–Crippen MR) is 107 cm³/mol. The molecule has 4 rings (SSSR count). The Hall–Kier alpha value is -2.00. The number of nitrogens with two attached hydrogens (primary N) is 1. The molecule has 2 N–H and O–H groups in total. The van der Waals surface area contributed by atoms with Gasteiger partial charge in [0.25, 0.3) is 5.92 Å². The number of alkyl halides is 3. The highest BCUT2D eigenvalue weighted by Gasteiger charge is 2.45. The molecule has 1 fully saturated rings. The number of aromatic nitrogens is 2. The molecule has 1 aromatic heterocycles. The van der Waals surface area contributed by atoms with E-state index in [1.807, 2.05) is 0 Å². The lowest BCUT2D eigenvalue weighted by Gasteiger charge is -2.42. The summed E-state index contributed by atoms with van der Waals surface area (Å²) in [5, 5.41) is 0. The first-order chi connectivity index (χ1) is 13.7. The standard InChI is InChI=1S/C20H23F3N4OS/c1-11-15(21)9-27(11)19-25-17(14-7-8-20(22,23)18(14)26-19)13-5-3-12(4-6-13)16(24)10-29(2)28/h3-6,11,15-16H,7-10,24H2,1-2H3/t11-,15?,16?,29?/m0/s1. The molecule has 0 bridgehead atoms. The fourth-order valence-electron chi connectivity index (χ4n) is 3.84. The van der Waals surface area contributed by atoms with Gasteiger partial charge in [-0.3, -0.25) is 4.21 Å².